The second kappa shape index (κ2) is 3.42. The number of hydrogen-bond donors (Lipinski definition) is 1. The molecule has 0 aromatic heterocycles. The Labute approximate surface area is 78.2 Å². The largest absolute Gasteiger partial charge is 0.477 e. The lowest BCUT2D eigenvalue weighted by Gasteiger charge is -2.10. The molecule has 0 fully saturated rings. The number of carbonyl (C=O) groups is 1. The maximum absolute atomic E-state index is 12.9. The lowest BCUT2D eigenvalue weighted by molar-refractivity contribution is -0.166. The van der Waals surface area contributed by atoms with Crippen molar-refractivity contribution in [2.45, 2.75) is 5.92 Å². The molecule has 1 rings (SSSR count). The summed E-state index contributed by atoms with van der Waals surface area (Å²) in [6.07, 6.45) is 0. The molecule has 0 bridgehead atoms. The van der Waals surface area contributed by atoms with Crippen LogP contribution in [0.5, 0.6) is 0 Å². The first-order chi connectivity index (χ1) is 6.48. The van der Waals surface area contributed by atoms with Gasteiger partial charge >= 0.3 is 11.9 Å². The molecule has 0 atom stereocenters. The third-order valence-corrected chi connectivity index (χ3v) is 1.62. The highest BCUT2D eigenvalue weighted by molar-refractivity contribution is 5.77. The normalized spacial score (nSPS) is 10.6. The molecule has 0 amide bonds. The third-order valence-electron chi connectivity index (χ3n) is 1.62. The maximum atomic E-state index is 12.9. The molecule has 0 saturated heterocycles. The van der Waals surface area contributed by atoms with Crippen molar-refractivity contribution in [2.75, 3.05) is 0 Å². The van der Waals surface area contributed by atoms with Crippen LogP contribution in [0.2, 0.25) is 0 Å². The molecule has 72 valence electrons. The Kier molecular flexibility index (Phi) is 2.47. The van der Waals surface area contributed by atoms with Gasteiger partial charge in [0, 0.05) is 5.56 Å². The van der Waals surface area contributed by atoms with Gasteiger partial charge in [-0.25, -0.2) is 4.79 Å². The predicted octanol–water partition coefficient (Wildman–Crippen LogP) is 1.73. The van der Waals surface area contributed by atoms with E-state index in [2.05, 4.69) is 0 Å². The highest BCUT2D eigenvalue weighted by Crippen LogP contribution is 2.28. The third kappa shape index (κ3) is 1.69. The number of aliphatic carboxylic acids is 1. The number of hydrogen-bond acceptors (Lipinski definition) is 2. The molecule has 0 aliphatic heterocycles. The van der Waals surface area contributed by atoms with Crippen molar-refractivity contribution in [3.63, 3.8) is 0 Å². The molecule has 0 unspecified atom stereocenters. The van der Waals surface area contributed by atoms with Gasteiger partial charge in [0.1, 0.15) is 0 Å². The first kappa shape index (κ1) is 10.1. The van der Waals surface area contributed by atoms with E-state index in [1.807, 2.05) is 0 Å². The van der Waals surface area contributed by atoms with Crippen LogP contribution in [-0.2, 0) is 10.7 Å². The quantitative estimate of drug-likeness (QED) is 0.785. The van der Waals surface area contributed by atoms with E-state index in [9.17, 15) is 13.6 Å². The molecular formula is C9H5F2NO2. The highest BCUT2D eigenvalue weighted by Gasteiger charge is 2.40. The van der Waals surface area contributed by atoms with Gasteiger partial charge in [0.05, 0.1) is 11.6 Å². The molecule has 0 aliphatic carbocycles. The first-order valence-electron chi connectivity index (χ1n) is 3.60. The molecule has 0 radical (unpaired) electrons. The van der Waals surface area contributed by atoms with Gasteiger partial charge in [0.2, 0.25) is 0 Å². The zero-order valence-corrected chi connectivity index (χ0v) is 6.87. The first-order valence-corrected chi connectivity index (χ1v) is 3.60. The van der Waals surface area contributed by atoms with Crippen LogP contribution in [0.4, 0.5) is 8.78 Å². The smallest absolute Gasteiger partial charge is 0.379 e. The fourth-order valence-corrected chi connectivity index (χ4v) is 0.908. The minimum atomic E-state index is -3.95. The number of halogens is 2. The Morgan fingerprint density at radius 1 is 1.50 bits per heavy atom. The SMILES string of the molecule is N#Cc1cccc(C(F)(F)C(=O)O)c1. The molecule has 14 heavy (non-hydrogen) atoms. The minimum absolute atomic E-state index is 0.00317. The summed E-state index contributed by atoms with van der Waals surface area (Å²) in [5.74, 6) is -6.18. The number of nitrogens with zero attached hydrogens (tertiary/aromatic N) is 1. The van der Waals surface area contributed by atoms with E-state index in [-0.39, 0.29) is 5.56 Å². The van der Waals surface area contributed by atoms with Crippen LogP contribution in [-0.4, -0.2) is 11.1 Å². The zero-order chi connectivity index (χ0) is 10.8. The van der Waals surface area contributed by atoms with E-state index in [0.29, 0.717) is 0 Å². The molecule has 5 heteroatoms. The highest BCUT2D eigenvalue weighted by atomic mass is 19.3. The van der Waals surface area contributed by atoms with E-state index in [4.69, 9.17) is 10.4 Å². The van der Waals surface area contributed by atoms with E-state index >= 15 is 0 Å². The second-order valence-corrected chi connectivity index (χ2v) is 2.57. The van der Waals surface area contributed by atoms with Crippen molar-refractivity contribution in [1.82, 2.24) is 0 Å². The summed E-state index contributed by atoms with van der Waals surface area (Å²) < 4.78 is 25.8. The van der Waals surface area contributed by atoms with Gasteiger partial charge in [-0.15, -0.1) is 0 Å². The van der Waals surface area contributed by atoms with Crippen LogP contribution < -0.4 is 0 Å². The lowest BCUT2D eigenvalue weighted by atomic mass is 10.1. The summed E-state index contributed by atoms with van der Waals surface area (Å²) in [7, 11) is 0. The van der Waals surface area contributed by atoms with Crippen LogP contribution >= 0.6 is 0 Å². The summed E-state index contributed by atoms with van der Waals surface area (Å²) in [4.78, 5) is 10.2. The van der Waals surface area contributed by atoms with Crippen molar-refractivity contribution in [2.24, 2.45) is 0 Å². The van der Waals surface area contributed by atoms with Crippen LogP contribution in [0.25, 0.3) is 0 Å². The van der Waals surface area contributed by atoms with Crippen LogP contribution in [0.3, 0.4) is 0 Å². The van der Waals surface area contributed by atoms with Crippen molar-refractivity contribution < 1.29 is 18.7 Å². The van der Waals surface area contributed by atoms with Crippen molar-refractivity contribution in [1.29, 1.82) is 5.26 Å². The Balaban J connectivity index is 3.21. The second-order valence-electron chi connectivity index (χ2n) is 2.57. The van der Waals surface area contributed by atoms with Gasteiger partial charge in [-0.2, -0.15) is 14.0 Å². The number of rotatable bonds is 2. The average molecular weight is 197 g/mol. The van der Waals surface area contributed by atoms with Gasteiger partial charge in [0.15, 0.2) is 0 Å². The molecule has 0 spiro atoms. The summed E-state index contributed by atoms with van der Waals surface area (Å²) in [5, 5.41) is 16.6. The molecule has 1 aromatic rings. The maximum Gasteiger partial charge on any atom is 0.379 e. The fourth-order valence-electron chi connectivity index (χ4n) is 0.908. The minimum Gasteiger partial charge on any atom is -0.477 e. The number of carboxylic acids is 1. The summed E-state index contributed by atoms with van der Waals surface area (Å²) >= 11 is 0. The standard InChI is InChI=1S/C9H5F2NO2/c10-9(11,8(13)14)7-3-1-2-6(4-7)5-12/h1-4H,(H,13,14). The van der Waals surface area contributed by atoms with Crippen LogP contribution in [0, 0.1) is 11.3 Å². The van der Waals surface area contributed by atoms with Crippen molar-refractivity contribution in [3.05, 3.63) is 35.4 Å². The summed E-state index contributed by atoms with van der Waals surface area (Å²) in [6.45, 7) is 0. The van der Waals surface area contributed by atoms with Gasteiger partial charge in [0.25, 0.3) is 0 Å². The lowest BCUT2D eigenvalue weighted by Crippen LogP contribution is -2.25. The zero-order valence-electron chi connectivity index (χ0n) is 6.87. The molecule has 3 nitrogen and oxygen atoms in total. The average Bonchev–Trinajstić information content (AvgIpc) is 2.17. The number of alkyl halides is 2. The van der Waals surface area contributed by atoms with Crippen LogP contribution in [0.15, 0.2) is 24.3 Å². The molecule has 1 aromatic carbocycles. The Hall–Kier alpha value is -1.96. The van der Waals surface area contributed by atoms with E-state index in [0.717, 1.165) is 12.1 Å². The van der Waals surface area contributed by atoms with Crippen molar-refractivity contribution >= 4 is 5.97 Å². The number of carboxylic acid groups (broad SMARTS) is 1. The van der Waals surface area contributed by atoms with E-state index < -0.39 is 17.5 Å². The van der Waals surface area contributed by atoms with Gasteiger partial charge in [-0.3, -0.25) is 0 Å². The van der Waals surface area contributed by atoms with Crippen LogP contribution in [0.1, 0.15) is 11.1 Å². The Morgan fingerprint density at radius 2 is 2.14 bits per heavy atom. The Morgan fingerprint density at radius 3 is 2.64 bits per heavy atom. The van der Waals surface area contributed by atoms with Gasteiger partial charge in [-0.1, -0.05) is 12.1 Å². The molecule has 0 aliphatic rings. The van der Waals surface area contributed by atoms with E-state index in [1.54, 1.807) is 6.07 Å². The molecule has 0 saturated carbocycles. The summed E-state index contributed by atoms with van der Waals surface area (Å²) in [5.41, 5.74) is -0.688. The van der Waals surface area contributed by atoms with E-state index in [1.165, 1.54) is 12.1 Å². The molecule has 1 N–H and O–H groups in total. The Bertz CT molecular complexity index is 410. The molecular weight excluding hydrogens is 192 g/mol. The summed E-state index contributed by atoms with van der Waals surface area (Å²) in [6, 6.07) is 6.01. The predicted molar refractivity (Wildman–Crippen MR) is 42.7 cm³/mol. The topological polar surface area (TPSA) is 61.1 Å². The number of nitriles is 1. The number of benzene rings is 1. The monoisotopic (exact) mass is 197 g/mol. The van der Waals surface area contributed by atoms with Crippen molar-refractivity contribution in [3.8, 4) is 6.07 Å². The van der Waals surface area contributed by atoms with Gasteiger partial charge in [-0.05, 0) is 12.1 Å². The fraction of sp³-hybridized carbons (Fsp3) is 0.111. The molecule has 0 heterocycles. The van der Waals surface area contributed by atoms with Gasteiger partial charge < -0.3 is 5.11 Å².